The Bertz CT molecular complexity index is 370. The summed E-state index contributed by atoms with van der Waals surface area (Å²) in [5.74, 6) is 0.949. The van der Waals surface area contributed by atoms with Crippen LogP contribution in [0.5, 0.6) is 0 Å². The number of nitrogens with zero attached hydrogens (tertiary/aromatic N) is 3. The van der Waals surface area contributed by atoms with Gasteiger partial charge in [0.1, 0.15) is 0 Å². The lowest BCUT2D eigenvalue weighted by atomic mass is 10.3. The second kappa shape index (κ2) is 8.77. The van der Waals surface area contributed by atoms with E-state index in [0.717, 1.165) is 39.3 Å². The van der Waals surface area contributed by atoms with Gasteiger partial charge in [0.2, 0.25) is 11.8 Å². The van der Waals surface area contributed by atoms with Crippen LogP contribution in [-0.4, -0.2) is 82.8 Å². The van der Waals surface area contributed by atoms with Gasteiger partial charge in [-0.2, -0.15) is 0 Å². The highest BCUT2D eigenvalue weighted by atomic mass is 32.2. The van der Waals surface area contributed by atoms with E-state index < -0.39 is 0 Å². The molecule has 0 aromatic heterocycles. The quantitative estimate of drug-likeness (QED) is 0.741. The average molecular weight is 330 g/mol. The maximum Gasteiger partial charge on any atom is 0.236 e. The van der Waals surface area contributed by atoms with Gasteiger partial charge in [0, 0.05) is 44.0 Å². The second-order valence-corrected chi connectivity index (χ2v) is 8.43. The highest BCUT2D eigenvalue weighted by Gasteiger charge is 2.24. The van der Waals surface area contributed by atoms with E-state index in [9.17, 15) is 9.59 Å². The number of thioether (sulfide) groups is 1. The van der Waals surface area contributed by atoms with Crippen LogP contribution >= 0.6 is 11.8 Å². The molecule has 0 atom stereocenters. The van der Waals surface area contributed by atoms with E-state index >= 15 is 0 Å². The van der Waals surface area contributed by atoms with Crippen molar-refractivity contribution in [3.63, 3.8) is 0 Å². The van der Waals surface area contributed by atoms with Crippen LogP contribution in [-0.2, 0) is 9.59 Å². The molecular formula is C16H31N3O2S. The first-order valence-electron chi connectivity index (χ1n) is 8.18. The average Bonchev–Trinajstić information content (AvgIpc) is 2.46. The van der Waals surface area contributed by atoms with Crippen molar-refractivity contribution in [2.75, 3.05) is 51.6 Å². The van der Waals surface area contributed by atoms with Crippen LogP contribution in [0.1, 0.15) is 34.6 Å². The number of piperazine rings is 1. The molecule has 1 heterocycles. The van der Waals surface area contributed by atoms with Gasteiger partial charge in [-0.25, -0.2) is 0 Å². The minimum absolute atomic E-state index is 0.119. The standard InChI is InChI=1S/C16H31N3O2S/c1-6-18(7-2)14(20)12-17-8-10-19(11-9-17)15(21)13-22-16(3,4)5/h6-13H2,1-5H3. The molecule has 128 valence electrons. The third kappa shape index (κ3) is 6.57. The number of hydrogen-bond acceptors (Lipinski definition) is 4. The molecule has 0 aromatic rings. The highest BCUT2D eigenvalue weighted by molar-refractivity contribution is 8.01. The number of carbonyl (C=O) groups is 2. The van der Waals surface area contributed by atoms with E-state index in [1.807, 2.05) is 23.6 Å². The molecule has 0 saturated carbocycles. The first kappa shape index (κ1) is 19.3. The lowest BCUT2D eigenvalue weighted by Gasteiger charge is -2.35. The molecule has 6 heteroatoms. The zero-order chi connectivity index (χ0) is 16.8. The molecule has 0 aromatic carbocycles. The summed E-state index contributed by atoms with van der Waals surface area (Å²) < 4.78 is 0.119. The molecule has 2 amide bonds. The molecule has 22 heavy (non-hydrogen) atoms. The van der Waals surface area contributed by atoms with Gasteiger partial charge in [-0.15, -0.1) is 11.8 Å². The van der Waals surface area contributed by atoms with E-state index in [1.165, 1.54) is 0 Å². The van der Waals surface area contributed by atoms with Crippen LogP contribution in [0.2, 0.25) is 0 Å². The van der Waals surface area contributed by atoms with Crippen LogP contribution in [0, 0.1) is 0 Å². The Morgan fingerprint density at radius 2 is 1.59 bits per heavy atom. The van der Waals surface area contributed by atoms with Crippen LogP contribution in [0.3, 0.4) is 0 Å². The Morgan fingerprint density at radius 3 is 2.05 bits per heavy atom. The van der Waals surface area contributed by atoms with Gasteiger partial charge in [0.25, 0.3) is 0 Å². The van der Waals surface area contributed by atoms with Gasteiger partial charge in [-0.3, -0.25) is 14.5 Å². The Morgan fingerprint density at radius 1 is 1.05 bits per heavy atom. The second-order valence-electron chi connectivity index (χ2n) is 6.62. The van der Waals surface area contributed by atoms with Gasteiger partial charge < -0.3 is 9.80 Å². The van der Waals surface area contributed by atoms with Crippen molar-refractivity contribution in [1.29, 1.82) is 0 Å². The van der Waals surface area contributed by atoms with Crippen LogP contribution in [0.25, 0.3) is 0 Å². The lowest BCUT2D eigenvalue weighted by molar-refractivity contribution is -0.133. The van der Waals surface area contributed by atoms with Gasteiger partial charge >= 0.3 is 0 Å². The summed E-state index contributed by atoms with van der Waals surface area (Å²) in [6.07, 6.45) is 0. The van der Waals surface area contributed by atoms with Crippen LogP contribution < -0.4 is 0 Å². The number of amides is 2. The predicted octanol–water partition coefficient (Wildman–Crippen LogP) is 1.53. The third-order valence-electron chi connectivity index (χ3n) is 3.83. The minimum atomic E-state index is 0.119. The molecule has 1 saturated heterocycles. The molecular weight excluding hydrogens is 298 g/mol. The van der Waals surface area contributed by atoms with Crippen molar-refractivity contribution < 1.29 is 9.59 Å². The Labute approximate surface area is 139 Å². The fourth-order valence-electron chi connectivity index (χ4n) is 2.39. The lowest BCUT2D eigenvalue weighted by Crippen LogP contribution is -2.52. The van der Waals surface area contributed by atoms with E-state index in [4.69, 9.17) is 0 Å². The van der Waals surface area contributed by atoms with Crippen molar-refractivity contribution in [3.05, 3.63) is 0 Å². The first-order valence-corrected chi connectivity index (χ1v) is 9.17. The number of likely N-dealkylation sites (N-methyl/N-ethyl adjacent to an activating group) is 1. The summed E-state index contributed by atoms with van der Waals surface area (Å²) in [5, 5.41) is 0. The fourth-order valence-corrected chi connectivity index (χ4v) is 3.13. The smallest absolute Gasteiger partial charge is 0.236 e. The molecule has 5 nitrogen and oxygen atoms in total. The summed E-state index contributed by atoms with van der Waals surface area (Å²) in [4.78, 5) is 30.2. The molecule has 0 spiro atoms. The van der Waals surface area contributed by atoms with Crippen molar-refractivity contribution in [2.45, 2.75) is 39.4 Å². The van der Waals surface area contributed by atoms with Crippen molar-refractivity contribution in [2.24, 2.45) is 0 Å². The first-order chi connectivity index (χ1) is 10.3. The normalized spacial score (nSPS) is 16.7. The molecule has 0 bridgehead atoms. The van der Waals surface area contributed by atoms with Crippen molar-refractivity contribution >= 4 is 23.6 Å². The van der Waals surface area contributed by atoms with Crippen molar-refractivity contribution in [3.8, 4) is 0 Å². The van der Waals surface area contributed by atoms with Crippen molar-refractivity contribution in [1.82, 2.24) is 14.7 Å². The molecule has 1 aliphatic rings. The Hall–Kier alpha value is -0.750. The zero-order valence-corrected chi connectivity index (χ0v) is 15.5. The number of carbonyl (C=O) groups excluding carboxylic acids is 2. The molecule has 0 radical (unpaired) electrons. The Balaban J connectivity index is 2.34. The molecule has 0 N–H and O–H groups in total. The van der Waals surface area contributed by atoms with E-state index in [2.05, 4.69) is 25.7 Å². The molecule has 1 aliphatic heterocycles. The van der Waals surface area contributed by atoms with Gasteiger partial charge in [-0.05, 0) is 13.8 Å². The summed E-state index contributed by atoms with van der Waals surface area (Å²) in [6.45, 7) is 15.4. The maximum atomic E-state index is 12.2. The zero-order valence-electron chi connectivity index (χ0n) is 14.7. The number of rotatable bonds is 6. The molecule has 1 fully saturated rings. The fraction of sp³-hybridized carbons (Fsp3) is 0.875. The summed E-state index contributed by atoms with van der Waals surface area (Å²) in [7, 11) is 0. The van der Waals surface area contributed by atoms with Gasteiger partial charge in [0.05, 0.1) is 12.3 Å². The SMILES string of the molecule is CCN(CC)C(=O)CN1CCN(C(=O)CSC(C)(C)C)CC1. The Kier molecular flexibility index (Phi) is 7.69. The van der Waals surface area contributed by atoms with E-state index in [-0.39, 0.29) is 16.6 Å². The summed E-state index contributed by atoms with van der Waals surface area (Å²) in [6, 6.07) is 0. The van der Waals surface area contributed by atoms with Gasteiger partial charge in [-0.1, -0.05) is 20.8 Å². The minimum Gasteiger partial charge on any atom is -0.342 e. The third-order valence-corrected chi connectivity index (χ3v) is 5.09. The van der Waals surface area contributed by atoms with E-state index in [0.29, 0.717) is 12.3 Å². The topological polar surface area (TPSA) is 43.9 Å². The van der Waals surface area contributed by atoms with Crippen LogP contribution in [0.15, 0.2) is 0 Å². The van der Waals surface area contributed by atoms with E-state index in [1.54, 1.807) is 11.8 Å². The highest BCUT2D eigenvalue weighted by Crippen LogP contribution is 2.23. The molecule has 1 rings (SSSR count). The molecule has 0 unspecified atom stereocenters. The monoisotopic (exact) mass is 329 g/mol. The molecule has 0 aliphatic carbocycles. The largest absolute Gasteiger partial charge is 0.342 e. The number of hydrogen-bond donors (Lipinski definition) is 0. The summed E-state index contributed by atoms with van der Waals surface area (Å²) in [5.41, 5.74) is 0. The predicted molar refractivity (Wildman–Crippen MR) is 93.2 cm³/mol. The van der Waals surface area contributed by atoms with Gasteiger partial charge in [0.15, 0.2) is 0 Å². The summed E-state index contributed by atoms with van der Waals surface area (Å²) >= 11 is 1.69. The van der Waals surface area contributed by atoms with Crippen LogP contribution in [0.4, 0.5) is 0 Å². The maximum absolute atomic E-state index is 12.2.